The summed E-state index contributed by atoms with van der Waals surface area (Å²) >= 11 is 1.59. The van der Waals surface area contributed by atoms with Gasteiger partial charge in [0, 0.05) is 24.3 Å². The molecule has 0 atom stereocenters. The van der Waals surface area contributed by atoms with Gasteiger partial charge in [0.15, 0.2) is 11.0 Å². The average molecular weight is 316 g/mol. The highest BCUT2D eigenvalue weighted by Crippen LogP contribution is 2.26. The van der Waals surface area contributed by atoms with Gasteiger partial charge < -0.3 is 9.30 Å². The van der Waals surface area contributed by atoms with E-state index >= 15 is 0 Å². The van der Waals surface area contributed by atoms with Gasteiger partial charge in [-0.15, -0.1) is 10.2 Å². The molecule has 0 saturated carbocycles. The number of ether oxygens (including phenoxy) is 1. The molecule has 1 heterocycles. The van der Waals surface area contributed by atoms with Gasteiger partial charge in [0.1, 0.15) is 5.75 Å². The van der Waals surface area contributed by atoms with Crippen LogP contribution in [0.15, 0.2) is 29.4 Å². The minimum atomic E-state index is 0.517. The van der Waals surface area contributed by atoms with Crippen LogP contribution in [0.3, 0.4) is 0 Å². The molecule has 0 aliphatic carbocycles. The number of hydrogen-bond donors (Lipinski definition) is 0. The Bertz CT molecular complexity index is 631. The maximum atomic E-state index is 8.67. The fourth-order valence-corrected chi connectivity index (χ4v) is 2.86. The van der Waals surface area contributed by atoms with E-state index in [2.05, 4.69) is 27.8 Å². The van der Waals surface area contributed by atoms with Crippen LogP contribution in [0.4, 0.5) is 0 Å². The predicted molar refractivity (Wildman–Crippen MR) is 87.9 cm³/mol. The van der Waals surface area contributed by atoms with E-state index in [1.165, 1.54) is 0 Å². The first-order chi connectivity index (χ1) is 10.8. The molecular weight excluding hydrogens is 296 g/mol. The lowest BCUT2D eigenvalue weighted by Gasteiger charge is -2.09. The predicted octanol–water partition coefficient (Wildman–Crippen LogP) is 3.76. The molecule has 0 aliphatic rings. The van der Waals surface area contributed by atoms with Crippen LogP contribution in [0.25, 0.3) is 11.4 Å². The Hall–Kier alpha value is -2.00. The number of thioether (sulfide) groups is 1. The third-order valence-corrected chi connectivity index (χ3v) is 4.21. The largest absolute Gasteiger partial charge is 0.497 e. The number of aromatic nitrogens is 3. The van der Waals surface area contributed by atoms with Crippen molar-refractivity contribution in [1.29, 1.82) is 5.26 Å². The molecule has 1 aromatic heterocycles. The molecule has 0 radical (unpaired) electrons. The molecule has 116 valence electrons. The molecule has 0 amide bonds. The number of nitriles is 1. The summed E-state index contributed by atoms with van der Waals surface area (Å²) in [5.41, 5.74) is 1.02. The fraction of sp³-hybridized carbons (Fsp3) is 0.438. The van der Waals surface area contributed by atoms with E-state index in [1.807, 2.05) is 24.3 Å². The van der Waals surface area contributed by atoms with E-state index in [4.69, 9.17) is 10.00 Å². The van der Waals surface area contributed by atoms with Crippen molar-refractivity contribution in [1.82, 2.24) is 14.8 Å². The number of rotatable bonds is 8. The van der Waals surface area contributed by atoms with Gasteiger partial charge in [-0.25, -0.2) is 0 Å². The van der Waals surface area contributed by atoms with Crippen LogP contribution in [-0.4, -0.2) is 27.6 Å². The Labute approximate surface area is 135 Å². The maximum Gasteiger partial charge on any atom is 0.191 e. The van der Waals surface area contributed by atoms with Gasteiger partial charge in [-0.2, -0.15) is 5.26 Å². The molecule has 0 bridgehead atoms. The highest BCUT2D eigenvalue weighted by molar-refractivity contribution is 7.99. The van der Waals surface area contributed by atoms with Crippen LogP contribution in [0.2, 0.25) is 0 Å². The quantitative estimate of drug-likeness (QED) is 0.548. The van der Waals surface area contributed by atoms with Crippen molar-refractivity contribution in [3.8, 4) is 23.2 Å². The van der Waals surface area contributed by atoms with Crippen LogP contribution >= 0.6 is 11.8 Å². The van der Waals surface area contributed by atoms with Gasteiger partial charge in [-0.3, -0.25) is 0 Å². The highest BCUT2D eigenvalue weighted by Gasteiger charge is 2.14. The van der Waals surface area contributed by atoms with Crippen LogP contribution < -0.4 is 4.74 Å². The number of nitrogens with zero attached hydrogens (tertiary/aromatic N) is 4. The van der Waals surface area contributed by atoms with E-state index in [9.17, 15) is 0 Å². The van der Waals surface area contributed by atoms with Gasteiger partial charge in [0.05, 0.1) is 13.2 Å². The Morgan fingerprint density at radius 1 is 1.27 bits per heavy atom. The zero-order valence-corrected chi connectivity index (χ0v) is 13.8. The molecule has 1 aromatic carbocycles. The maximum absolute atomic E-state index is 8.67. The molecule has 6 heteroatoms. The smallest absolute Gasteiger partial charge is 0.191 e. The Morgan fingerprint density at radius 2 is 2.05 bits per heavy atom. The van der Waals surface area contributed by atoms with Gasteiger partial charge in [-0.05, 0) is 30.7 Å². The van der Waals surface area contributed by atoms with Crippen molar-refractivity contribution in [2.45, 2.75) is 37.9 Å². The van der Waals surface area contributed by atoms with Crippen LogP contribution in [-0.2, 0) is 6.54 Å². The summed E-state index contributed by atoms with van der Waals surface area (Å²) < 4.78 is 7.34. The second-order valence-corrected chi connectivity index (χ2v) is 5.86. The van der Waals surface area contributed by atoms with E-state index in [-0.39, 0.29) is 0 Å². The first-order valence-corrected chi connectivity index (χ1v) is 8.36. The second kappa shape index (κ2) is 8.44. The Balaban J connectivity index is 2.26. The van der Waals surface area contributed by atoms with Crippen molar-refractivity contribution in [2.24, 2.45) is 0 Å². The standard InChI is InChI=1S/C16H20N4OS/c1-3-4-11-20-15(13-6-8-14(21-2)9-7-13)18-19-16(20)22-12-5-10-17/h6-9H,3-5,11-12H2,1-2H3. The summed E-state index contributed by atoms with van der Waals surface area (Å²) in [7, 11) is 1.66. The lowest BCUT2D eigenvalue weighted by atomic mass is 10.2. The van der Waals surface area contributed by atoms with E-state index in [0.29, 0.717) is 6.42 Å². The first kappa shape index (κ1) is 16.4. The average Bonchev–Trinajstić information content (AvgIpc) is 2.96. The molecule has 5 nitrogen and oxygen atoms in total. The molecule has 0 unspecified atom stereocenters. The zero-order chi connectivity index (χ0) is 15.8. The van der Waals surface area contributed by atoms with Crippen LogP contribution in [0, 0.1) is 11.3 Å². The second-order valence-electron chi connectivity index (χ2n) is 4.80. The lowest BCUT2D eigenvalue weighted by molar-refractivity contribution is 0.415. The summed E-state index contributed by atoms with van der Waals surface area (Å²) in [5, 5.41) is 18.2. The lowest BCUT2D eigenvalue weighted by Crippen LogP contribution is -2.03. The molecule has 0 N–H and O–H groups in total. The molecular formula is C16H20N4OS. The monoisotopic (exact) mass is 316 g/mol. The Morgan fingerprint density at radius 3 is 2.68 bits per heavy atom. The summed E-state index contributed by atoms with van der Waals surface area (Å²) in [6.07, 6.45) is 2.71. The van der Waals surface area contributed by atoms with Crippen LogP contribution in [0.5, 0.6) is 5.75 Å². The van der Waals surface area contributed by atoms with Gasteiger partial charge in [0.2, 0.25) is 0 Å². The van der Waals surface area contributed by atoms with Crippen molar-refractivity contribution in [3.05, 3.63) is 24.3 Å². The third-order valence-electron chi connectivity index (χ3n) is 3.25. The summed E-state index contributed by atoms with van der Waals surface area (Å²) in [6, 6.07) is 10.0. The summed E-state index contributed by atoms with van der Waals surface area (Å²) in [5.74, 6) is 2.44. The molecule has 2 rings (SSSR count). The summed E-state index contributed by atoms with van der Waals surface area (Å²) in [6.45, 7) is 3.06. The number of methoxy groups -OCH3 is 1. The highest BCUT2D eigenvalue weighted by atomic mass is 32.2. The van der Waals surface area contributed by atoms with E-state index < -0.39 is 0 Å². The van der Waals surface area contributed by atoms with Crippen molar-refractivity contribution >= 4 is 11.8 Å². The normalized spacial score (nSPS) is 10.4. The fourth-order valence-electron chi connectivity index (χ4n) is 2.05. The van der Waals surface area contributed by atoms with E-state index in [0.717, 1.165) is 47.4 Å². The molecule has 0 spiro atoms. The molecule has 0 fully saturated rings. The zero-order valence-electron chi connectivity index (χ0n) is 13.0. The first-order valence-electron chi connectivity index (χ1n) is 7.37. The van der Waals surface area contributed by atoms with Crippen molar-refractivity contribution in [3.63, 3.8) is 0 Å². The Kier molecular flexibility index (Phi) is 6.28. The van der Waals surface area contributed by atoms with E-state index in [1.54, 1.807) is 18.9 Å². The minimum absolute atomic E-state index is 0.517. The van der Waals surface area contributed by atoms with Crippen LogP contribution in [0.1, 0.15) is 26.2 Å². The molecule has 0 aliphatic heterocycles. The molecule has 22 heavy (non-hydrogen) atoms. The SMILES string of the molecule is CCCCn1c(SCCC#N)nnc1-c1ccc(OC)cc1. The van der Waals surface area contributed by atoms with Crippen molar-refractivity contribution in [2.75, 3.05) is 12.9 Å². The van der Waals surface area contributed by atoms with Crippen molar-refractivity contribution < 1.29 is 4.74 Å². The number of benzene rings is 1. The number of hydrogen-bond acceptors (Lipinski definition) is 5. The molecule has 0 saturated heterocycles. The molecule has 2 aromatic rings. The van der Waals surface area contributed by atoms with Gasteiger partial charge >= 0.3 is 0 Å². The number of unbranched alkanes of at least 4 members (excludes halogenated alkanes) is 1. The third kappa shape index (κ3) is 4.01. The van der Waals surface area contributed by atoms with Gasteiger partial charge in [0.25, 0.3) is 0 Å². The summed E-state index contributed by atoms with van der Waals surface area (Å²) in [4.78, 5) is 0. The minimum Gasteiger partial charge on any atom is -0.497 e. The van der Waals surface area contributed by atoms with Gasteiger partial charge in [-0.1, -0.05) is 25.1 Å². The topological polar surface area (TPSA) is 63.7 Å².